The van der Waals surface area contributed by atoms with E-state index in [1.54, 1.807) is 0 Å². The maximum absolute atomic E-state index is 12.1. The van der Waals surface area contributed by atoms with E-state index in [0.717, 1.165) is 17.0 Å². The number of hydrogen-bond donors (Lipinski definition) is 0. The van der Waals surface area contributed by atoms with Crippen molar-refractivity contribution in [2.45, 2.75) is 6.18 Å². The van der Waals surface area contributed by atoms with Gasteiger partial charge in [0.25, 0.3) is 0 Å². The zero-order valence-corrected chi connectivity index (χ0v) is 5.89. The molecule has 0 spiro atoms. The minimum absolute atomic E-state index is 0.405. The summed E-state index contributed by atoms with van der Waals surface area (Å²) in [6.07, 6.45) is -2.67. The van der Waals surface area contributed by atoms with Crippen molar-refractivity contribution in [2.75, 3.05) is 0 Å². The van der Waals surface area contributed by atoms with Crippen molar-refractivity contribution in [3.63, 3.8) is 0 Å². The molecule has 12 heavy (non-hydrogen) atoms. The summed E-state index contributed by atoms with van der Waals surface area (Å²) in [7, 11) is 3.23. The molecule has 0 aliphatic heterocycles. The van der Waals surface area contributed by atoms with Crippen LogP contribution < -0.4 is 0 Å². The lowest BCUT2D eigenvalue weighted by molar-refractivity contribution is -0.137. The Morgan fingerprint density at radius 3 is 2.33 bits per heavy atom. The van der Waals surface area contributed by atoms with E-state index in [0.29, 0.717) is 0 Å². The van der Waals surface area contributed by atoms with Crippen LogP contribution >= 0.6 is 0 Å². The molecule has 0 unspecified atom stereocenters. The molecule has 1 rings (SSSR count). The summed E-state index contributed by atoms with van der Waals surface area (Å²) in [5.41, 5.74) is -1.35. The SMILES string of the molecule is [CH2]n1cc(C#N)c(C(F)(F)F)c1. The summed E-state index contributed by atoms with van der Waals surface area (Å²) in [6, 6.07) is 1.44. The van der Waals surface area contributed by atoms with Crippen LogP contribution in [0.5, 0.6) is 0 Å². The second-order valence-corrected chi connectivity index (χ2v) is 2.21. The third kappa shape index (κ3) is 1.42. The molecule has 63 valence electrons. The maximum atomic E-state index is 12.1. The van der Waals surface area contributed by atoms with Gasteiger partial charge in [0.05, 0.1) is 11.1 Å². The van der Waals surface area contributed by atoms with Gasteiger partial charge in [-0.1, -0.05) is 0 Å². The van der Waals surface area contributed by atoms with E-state index >= 15 is 0 Å². The van der Waals surface area contributed by atoms with E-state index in [2.05, 4.69) is 7.05 Å². The summed E-state index contributed by atoms with van der Waals surface area (Å²) < 4.78 is 37.1. The van der Waals surface area contributed by atoms with Gasteiger partial charge in [-0.3, -0.25) is 0 Å². The quantitative estimate of drug-likeness (QED) is 0.590. The first-order valence-electron chi connectivity index (χ1n) is 2.95. The topological polar surface area (TPSA) is 28.7 Å². The summed E-state index contributed by atoms with van der Waals surface area (Å²) >= 11 is 0. The van der Waals surface area contributed by atoms with Gasteiger partial charge in [-0.25, -0.2) is 0 Å². The Labute approximate surface area is 66.8 Å². The van der Waals surface area contributed by atoms with Crippen molar-refractivity contribution in [2.24, 2.45) is 0 Å². The lowest BCUT2D eigenvalue weighted by Crippen LogP contribution is -2.05. The molecular weight excluding hydrogens is 169 g/mol. The molecule has 0 aromatic carbocycles. The van der Waals surface area contributed by atoms with Gasteiger partial charge in [-0.2, -0.15) is 18.4 Å². The van der Waals surface area contributed by atoms with Crippen molar-refractivity contribution in [1.29, 1.82) is 5.26 Å². The molecule has 2 nitrogen and oxygen atoms in total. The van der Waals surface area contributed by atoms with E-state index in [-0.39, 0.29) is 0 Å². The van der Waals surface area contributed by atoms with Crippen LogP contribution in [0.15, 0.2) is 12.4 Å². The molecule has 0 fully saturated rings. The number of nitrogens with zero attached hydrogens (tertiary/aromatic N) is 2. The zero-order valence-electron chi connectivity index (χ0n) is 5.89. The Hall–Kier alpha value is -1.44. The summed E-state index contributed by atoms with van der Waals surface area (Å²) in [4.78, 5) is 0. The van der Waals surface area contributed by atoms with Crippen LogP contribution in [-0.2, 0) is 6.18 Å². The lowest BCUT2D eigenvalue weighted by atomic mass is 10.2. The van der Waals surface area contributed by atoms with Crippen LogP contribution in [0, 0.1) is 18.4 Å². The van der Waals surface area contributed by atoms with Gasteiger partial charge >= 0.3 is 6.18 Å². The van der Waals surface area contributed by atoms with Gasteiger partial charge in [0, 0.05) is 19.4 Å². The first kappa shape index (κ1) is 8.65. The van der Waals surface area contributed by atoms with Gasteiger partial charge in [0.1, 0.15) is 6.07 Å². The number of alkyl halides is 3. The van der Waals surface area contributed by atoms with Crippen LogP contribution in [0.4, 0.5) is 13.2 Å². The highest BCUT2D eigenvalue weighted by molar-refractivity contribution is 5.37. The van der Waals surface area contributed by atoms with Crippen LogP contribution in [0.3, 0.4) is 0 Å². The second-order valence-electron chi connectivity index (χ2n) is 2.21. The first-order chi connectivity index (χ1) is 5.45. The lowest BCUT2D eigenvalue weighted by Gasteiger charge is -2.02. The molecule has 0 saturated carbocycles. The number of rotatable bonds is 0. The van der Waals surface area contributed by atoms with Crippen LogP contribution in [0.2, 0.25) is 0 Å². The molecule has 0 atom stereocenters. The number of nitriles is 1. The molecule has 0 saturated heterocycles. The summed E-state index contributed by atoms with van der Waals surface area (Å²) in [6.45, 7) is 0. The average molecular weight is 173 g/mol. The number of hydrogen-bond acceptors (Lipinski definition) is 1. The third-order valence-corrected chi connectivity index (χ3v) is 1.31. The zero-order chi connectivity index (χ0) is 9.35. The largest absolute Gasteiger partial charge is 0.419 e. The van der Waals surface area contributed by atoms with E-state index in [1.165, 1.54) is 6.07 Å². The van der Waals surface area contributed by atoms with Crippen molar-refractivity contribution in [3.05, 3.63) is 30.6 Å². The normalized spacial score (nSPS) is 11.2. The van der Waals surface area contributed by atoms with Crippen molar-refractivity contribution >= 4 is 0 Å². The molecular formula is C7H4F3N2. The molecule has 1 aromatic heterocycles. The molecule has 5 heteroatoms. The fraction of sp³-hybridized carbons (Fsp3) is 0.143. The Bertz CT molecular complexity index is 329. The average Bonchev–Trinajstić information content (AvgIpc) is 2.29. The molecule has 0 N–H and O–H groups in total. The summed E-state index contributed by atoms with van der Waals surface area (Å²) in [5.74, 6) is 0. The minimum Gasteiger partial charge on any atom is -0.350 e. The maximum Gasteiger partial charge on any atom is 0.419 e. The van der Waals surface area contributed by atoms with Crippen LogP contribution in [-0.4, -0.2) is 4.57 Å². The van der Waals surface area contributed by atoms with Gasteiger partial charge in [0.2, 0.25) is 0 Å². The molecule has 1 aromatic rings. The third-order valence-electron chi connectivity index (χ3n) is 1.31. The van der Waals surface area contributed by atoms with E-state index in [1.807, 2.05) is 0 Å². The Morgan fingerprint density at radius 1 is 1.42 bits per heavy atom. The highest BCUT2D eigenvalue weighted by atomic mass is 19.4. The Morgan fingerprint density at radius 2 is 2.00 bits per heavy atom. The van der Waals surface area contributed by atoms with E-state index in [9.17, 15) is 13.2 Å². The van der Waals surface area contributed by atoms with Gasteiger partial charge < -0.3 is 4.57 Å². The van der Waals surface area contributed by atoms with Crippen molar-refractivity contribution in [3.8, 4) is 6.07 Å². The second kappa shape index (κ2) is 2.55. The van der Waals surface area contributed by atoms with Crippen molar-refractivity contribution < 1.29 is 13.2 Å². The van der Waals surface area contributed by atoms with Crippen LogP contribution in [0.25, 0.3) is 0 Å². The number of halogens is 3. The predicted molar refractivity (Wildman–Crippen MR) is 34.9 cm³/mol. The fourth-order valence-electron chi connectivity index (χ4n) is 0.823. The van der Waals surface area contributed by atoms with Crippen LogP contribution in [0.1, 0.15) is 11.1 Å². The smallest absolute Gasteiger partial charge is 0.350 e. The predicted octanol–water partition coefficient (Wildman–Crippen LogP) is 2.02. The fourth-order valence-corrected chi connectivity index (χ4v) is 0.823. The standard InChI is InChI=1S/C7H4F3N2/c1-12-3-5(2-11)6(4-12)7(8,9)10/h3-4H,1H2. The molecule has 1 heterocycles. The molecule has 0 amide bonds. The molecule has 0 bridgehead atoms. The summed E-state index contributed by atoms with van der Waals surface area (Å²) in [5, 5.41) is 8.30. The first-order valence-corrected chi connectivity index (χ1v) is 2.95. The number of aromatic nitrogens is 1. The molecule has 1 radical (unpaired) electrons. The Balaban J connectivity index is 3.25. The van der Waals surface area contributed by atoms with Gasteiger partial charge in [-0.05, 0) is 0 Å². The molecule has 0 aliphatic carbocycles. The van der Waals surface area contributed by atoms with E-state index in [4.69, 9.17) is 5.26 Å². The van der Waals surface area contributed by atoms with Crippen molar-refractivity contribution in [1.82, 2.24) is 4.57 Å². The van der Waals surface area contributed by atoms with Gasteiger partial charge in [0.15, 0.2) is 0 Å². The highest BCUT2D eigenvalue weighted by Gasteiger charge is 2.34. The van der Waals surface area contributed by atoms with Gasteiger partial charge in [-0.15, -0.1) is 0 Å². The highest BCUT2D eigenvalue weighted by Crippen LogP contribution is 2.31. The van der Waals surface area contributed by atoms with E-state index < -0.39 is 17.3 Å². The Kier molecular flexibility index (Phi) is 1.84. The minimum atomic E-state index is -4.48. The monoisotopic (exact) mass is 173 g/mol. The molecule has 0 aliphatic rings.